The van der Waals surface area contributed by atoms with E-state index in [1.165, 1.54) is 44.1 Å². The van der Waals surface area contributed by atoms with Crippen LogP contribution in [0.4, 0.5) is 79.6 Å². The van der Waals surface area contributed by atoms with Gasteiger partial charge in [0.2, 0.25) is 0 Å². The van der Waals surface area contributed by atoms with Crippen molar-refractivity contribution in [2.24, 2.45) is 0 Å². The molecule has 0 atom stereocenters. The van der Waals surface area contributed by atoms with Gasteiger partial charge >= 0.3 is 0 Å². The number of benzene rings is 9. The molecule has 9 aromatic rings. The van der Waals surface area contributed by atoms with Crippen molar-refractivity contribution in [1.29, 1.82) is 0 Å². The Morgan fingerprint density at radius 1 is 0.300 bits per heavy atom. The van der Waals surface area contributed by atoms with Crippen molar-refractivity contribution in [3.05, 3.63) is 213 Å². The molecule has 13 rings (SSSR count). The van der Waals surface area contributed by atoms with Gasteiger partial charge in [-0.3, -0.25) is 0 Å². The van der Waals surface area contributed by atoms with Crippen molar-refractivity contribution in [3.63, 3.8) is 0 Å². The number of rotatable bonds is 10. The van der Waals surface area contributed by atoms with Gasteiger partial charge in [-0.1, -0.05) is 36.4 Å². The van der Waals surface area contributed by atoms with Gasteiger partial charge in [-0.15, -0.1) is 0 Å². The van der Waals surface area contributed by atoms with Crippen LogP contribution in [0.2, 0.25) is 0 Å². The van der Waals surface area contributed by atoms with Crippen molar-refractivity contribution in [2.75, 3.05) is 79.9 Å². The maximum Gasteiger partial charge on any atom is 0.132 e. The van der Waals surface area contributed by atoms with Crippen LogP contribution in [0.1, 0.15) is 59.7 Å². The molecule has 9 aromatic carbocycles. The van der Waals surface area contributed by atoms with Gasteiger partial charge in [-0.05, 0) is 222 Å². The van der Waals surface area contributed by atoms with Gasteiger partial charge in [0.15, 0.2) is 0 Å². The van der Waals surface area contributed by atoms with Crippen LogP contribution in [0, 0.1) is 69.2 Å². The lowest BCUT2D eigenvalue weighted by molar-refractivity contribution is 0.478. The van der Waals surface area contributed by atoms with E-state index in [0.29, 0.717) is 24.8 Å². The maximum absolute atomic E-state index is 8.35. The summed E-state index contributed by atoms with van der Waals surface area (Å²) in [5.41, 5.74) is 26.6. The zero-order chi connectivity index (χ0) is 57.9. The van der Waals surface area contributed by atoms with Crippen LogP contribution in [0.15, 0.2) is 158 Å². The average Bonchev–Trinajstić information content (AvgIpc) is 4.01. The van der Waals surface area contributed by atoms with Gasteiger partial charge in [0.25, 0.3) is 0 Å². The Balaban J connectivity index is 0.755. The third kappa shape index (κ3) is 8.39. The molecule has 0 aromatic heterocycles. The zero-order valence-corrected chi connectivity index (χ0v) is 47.7. The highest BCUT2D eigenvalue weighted by atomic mass is 16.5. The summed E-state index contributed by atoms with van der Waals surface area (Å²) >= 11 is 0. The van der Waals surface area contributed by atoms with Gasteiger partial charge in [0.1, 0.15) is 36.3 Å². The van der Waals surface area contributed by atoms with Crippen molar-refractivity contribution < 1.29 is 13.6 Å². The van der Waals surface area contributed by atoms with Crippen LogP contribution in [-0.4, -0.2) is 40.7 Å². The smallest absolute Gasteiger partial charge is 0.132 e. The molecule has 0 bridgehead atoms. The number of nitrogens with zero attached hydrogens (tertiary/aromatic N) is 8. The molecule has 10 nitrogen and oxygen atoms in total. The van der Waals surface area contributed by atoms with E-state index in [0.717, 1.165) is 114 Å². The summed E-state index contributed by atoms with van der Waals surface area (Å²) in [7, 11) is 2.16. The first-order chi connectivity index (χ1) is 39.8. The summed E-state index contributed by atoms with van der Waals surface area (Å²) in [6, 6.07) is 55.9. The monoisotopic (exact) mass is 1060 g/mol. The zero-order valence-electron chi connectivity index (χ0n) is 50.7. The maximum atomic E-state index is 8.35. The first-order valence-corrected chi connectivity index (χ1v) is 27.7. The second-order valence-corrected chi connectivity index (χ2v) is 22.3. The standard InChI is InChI=1S/C70H70N8O2/c1-43-31-65-67(33-45(43)3)73(39-71(65)11)55-19-17-21-57(35-55)79-69-37-63(49(7)47(5)51(69)9)77-41-75(59-23-13-15-25-61(59)77)53-27-29-54(30-28-53)76-42-78(62-26-16-14-24-60(62)76)64-38-70(52(10)48(6)50(64)8)80-58-22-18-20-56(36-58)74-40-72(12)66-32-44(2)46(4)34-68(66)74/h13-38H,39-42H2,1-12H3/i11D3. The predicted molar refractivity (Wildman–Crippen MR) is 335 cm³/mol. The van der Waals surface area contributed by atoms with Gasteiger partial charge in [-0.2, -0.15) is 0 Å². The van der Waals surface area contributed by atoms with Gasteiger partial charge in [0.05, 0.1) is 58.8 Å². The molecule has 4 aliphatic rings. The normalized spacial score (nSPS) is 15.1. The molecule has 402 valence electrons. The first-order valence-electron chi connectivity index (χ1n) is 29.2. The molecule has 0 aliphatic carbocycles. The van der Waals surface area contributed by atoms with Crippen molar-refractivity contribution in [1.82, 2.24) is 0 Å². The number of ether oxygens (including phenoxy) is 2. The highest BCUT2D eigenvalue weighted by molar-refractivity contribution is 5.92. The average molecular weight is 1060 g/mol. The van der Waals surface area contributed by atoms with Gasteiger partial charge < -0.3 is 48.7 Å². The predicted octanol–water partition coefficient (Wildman–Crippen LogP) is 17.9. The van der Waals surface area contributed by atoms with E-state index in [2.05, 4.69) is 231 Å². The lowest BCUT2D eigenvalue weighted by atomic mass is 10.0. The molecule has 0 saturated heterocycles. The molecule has 0 spiro atoms. The molecular weight excluding hydrogens is 985 g/mol. The van der Waals surface area contributed by atoms with Crippen molar-refractivity contribution in [2.45, 2.75) is 69.2 Å². The molecule has 0 amide bonds. The molecule has 10 heteroatoms. The number of aryl methyl sites for hydroxylation is 4. The molecule has 0 saturated carbocycles. The largest absolute Gasteiger partial charge is 0.457 e. The molecule has 4 aliphatic heterocycles. The highest BCUT2D eigenvalue weighted by Crippen LogP contribution is 2.51. The fourth-order valence-electron chi connectivity index (χ4n) is 12.2. The van der Waals surface area contributed by atoms with Crippen molar-refractivity contribution in [3.8, 4) is 23.0 Å². The third-order valence-corrected chi connectivity index (χ3v) is 17.7. The fourth-order valence-corrected chi connectivity index (χ4v) is 12.2. The lowest BCUT2D eigenvalue weighted by Crippen LogP contribution is -2.26. The molecule has 0 fully saturated rings. The van der Waals surface area contributed by atoms with Crippen LogP contribution >= 0.6 is 0 Å². The first kappa shape index (κ1) is 47.0. The van der Waals surface area contributed by atoms with Crippen LogP contribution in [0.5, 0.6) is 23.0 Å². The second kappa shape index (κ2) is 19.4. The topological polar surface area (TPSA) is 44.4 Å². The van der Waals surface area contributed by atoms with E-state index in [1.54, 1.807) is 0 Å². The van der Waals surface area contributed by atoms with E-state index in [4.69, 9.17) is 13.6 Å². The minimum atomic E-state index is -2.29. The van der Waals surface area contributed by atoms with Crippen LogP contribution < -0.4 is 48.7 Å². The molecule has 4 heterocycles. The lowest BCUT2D eigenvalue weighted by Gasteiger charge is -2.27. The number of hydrogen-bond donors (Lipinski definition) is 0. The van der Waals surface area contributed by atoms with E-state index in [9.17, 15) is 0 Å². The van der Waals surface area contributed by atoms with Gasteiger partial charge in [0, 0.05) is 76.5 Å². The number of hydrogen-bond acceptors (Lipinski definition) is 10. The van der Waals surface area contributed by atoms with Crippen LogP contribution in [0.3, 0.4) is 0 Å². The van der Waals surface area contributed by atoms with E-state index >= 15 is 0 Å². The van der Waals surface area contributed by atoms with E-state index < -0.39 is 6.98 Å². The Kier molecular flexibility index (Phi) is 11.4. The molecule has 0 N–H and O–H groups in total. The quantitative estimate of drug-likeness (QED) is 0.132. The molecule has 0 unspecified atom stereocenters. The van der Waals surface area contributed by atoms with Crippen molar-refractivity contribution >= 4 is 79.6 Å². The van der Waals surface area contributed by atoms with E-state index in [1.807, 2.05) is 37.3 Å². The fraction of sp³-hybridized carbons (Fsp3) is 0.229. The number of para-hydroxylation sites is 4. The Morgan fingerprint density at radius 3 is 1.07 bits per heavy atom. The Morgan fingerprint density at radius 2 is 0.662 bits per heavy atom. The summed E-state index contributed by atoms with van der Waals surface area (Å²) in [5.74, 6) is 3.09. The minimum Gasteiger partial charge on any atom is -0.457 e. The summed E-state index contributed by atoms with van der Waals surface area (Å²) < 4.78 is 38.8. The molecule has 80 heavy (non-hydrogen) atoms. The number of anilines is 14. The highest BCUT2D eigenvalue weighted by Gasteiger charge is 2.34. The Hall–Kier alpha value is -9.02. The second-order valence-electron chi connectivity index (χ2n) is 22.3. The summed E-state index contributed by atoms with van der Waals surface area (Å²) in [4.78, 5) is 17.9. The Bertz CT molecular complexity index is 4080. The number of fused-ring (bicyclic) bond motifs is 4. The summed E-state index contributed by atoms with van der Waals surface area (Å²) in [6.07, 6.45) is 0. The summed E-state index contributed by atoms with van der Waals surface area (Å²) in [6.45, 7) is 21.5. The SMILES string of the molecule is [2H]C([2H])([2H])N1CN(c2cccc(Oc3cc(N4CN(c5ccc(N6CN(c7cc(Oc8cccc(N9CN(C)c%10cc(C)c(C)cc%109)c8)c(C)c(C)c7C)c7ccccc76)cc5)c5ccccc54)c(C)c(C)c3C)c2)c2cc(C)c(C)cc21. The van der Waals surface area contributed by atoms with Crippen LogP contribution in [-0.2, 0) is 0 Å². The van der Waals surface area contributed by atoms with Crippen LogP contribution in [0.25, 0.3) is 0 Å². The molecular formula is C70H70N8O2. The Labute approximate surface area is 476 Å². The minimum absolute atomic E-state index is 0.208. The van der Waals surface area contributed by atoms with Gasteiger partial charge in [-0.25, -0.2) is 0 Å². The van der Waals surface area contributed by atoms with E-state index in [-0.39, 0.29) is 6.67 Å². The third-order valence-electron chi connectivity index (χ3n) is 17.7. The summed E-state index contributed by atoms with van der Waals surface area (Å²) in [5, 5.41) is 0. The molecule has 0 radical (unpaired) electrons.